The molecular weight excluding hydrogens is 198 g/mol. The molecule has 2 fully saturated rings. The molecule has 1 saturated carbocycles. The molecule has 1 saturated heterocycles. The number of hydrogen-bond donors (Lipinski definition) is 1. The fourth-order valence-corrected chi connectivity index (χ4v) is 3.42. The summed E-state index contributed by atoms with van der Waals surface area (Å²) in [6.45, 7) is 4.50. The van der Waals surface area contributed by atoms with Crippen LogP contribution in [0.2, 0.25) is 0 Å². The fraction of sp³-hybridized carbons (Fsp3) is 1.00. The molecule has 2 rings (SSSR count). The van der Waals surface area contributed by atoms with Crippen molar-refractivity contribution >= 4 is 0 Å². The third kappa shape index (κ3) is 2.98. The minimum atomic E-state index is 0.433. The smallest absolute Gasteiger partial charge is 0.0583 e. The lowest BCUT2D eigenvalue weighted by atomic mass is 9.75. The predicted octanol–water partition coefficient (Wildman–Crippen LogP) is 3.10. The van der Waals surface area contributed by atoms with Gasteiger partial charge >= 0.3 is 0 Å². The van der Waals surface area contributed by atoms with Gasteiger partial charge in [-0.2, -0.15) is 0 Å². The summed E-state index contributed by atoms with van der Waals surface area (Å²) in [7, 11) is 0. The molecule has 2 N–H and O–H groups in total. The summed E-state index contributed by atoms with van der Waals surface area (Å²) in [5, 5.41) is 0. The molecule has 0 bridgehead atoms. The van der Waals surface area contributed by atoms with Crippen LogP contribution in [0.1, 0.15) is 58.8 Å². The molecule has 1 aliphatic carbocycles. The van der Waals surface area contributed by atoms with Crippen molar-refractivity contribution < 1.29 is 4.74 Å². The van der Waals surface area contributed by atoms with Crippen LogP contribution in [0.25, 0.3) is 0 Å². The van der Waals surface area contributed by atoms with Gasteiger partial charge in [0.05, 0.1) is 12.2 Å². The van der Waals surface area contributed by atoms with Gasteiger partial charge in [-0.3, -0.25) is 0 Å². The van der Waals surface area contributed by atoms with Gasteiger partial charge in [0.15, 0.2) is 0 Å². The van der Waals surface area contributed by atoms with Crippen LogP contribution in [0.15, 0.2) is 0 Å². The van der Waals surface area contributed by atoms with E-state index in [1.165, 1.54) is 44.9 Å². The highest BCUT2D eigenvalue weighted by Gasteiger charge is 2.31. The van der Waals surface area contributed by atoms with E-state index in [9.17, 15) is 0 Å². The minimum absolute atomic E-state index is 0.433. The predicted molar refractivity (Wildman–Crippen MR) is 67.3 cm³/mol. The second-order valence-corrected chi connectivity index (χ2v) is 5.89. The molecule has 5 unspecified atom stereocenters. The van der Waals surface area contributed by atoms with E-state index >= 15 is 0 Å². The first kappa shape index (κ1) is 12.4. The number of ether oxygens (including phenoxy) is 1. The number of hydrogen-bond acceptors (Lipinski definition) is 2. The molecule has 0 spiro atoms. The second-order valence-electron chi connectivity index (χ2n) is 5.89. The Labute approximate surface area is 99.9 Å². The summed E-state index contributed by atoms with van der Waals surface area (Å²) < 4.78 is 5.93. The lowest BCUT2D eigenvalue weighted by Crippen LogP contribution is -2.38. The molecule has 0 amide bonds. The molecule has 2 nitrogen and oxygen atoms in total. The van der Waals surface area contributed by atoms with E-state index in [0.717, 1.165) is 5.92 Å². The Bertz CT molecular complexity index is 219. The van der Waals surface area contributed by atoms with Crippen molar-refractivity contribution in [3.05, 3.63) is 0 Å². The quantitative estimate of drug-likeness (QED) is 0.801. The molecule has 1 aliphatic heterocycles. The van der Waals surface area contributed by atoms with E-state index < -0.39 is 0 Å². The highest BCUT2D eigenvalue weighted by atomic mass is 16.5. The van der Waals surface area contributed by atoms with Crippen molar-refractivity contribution in [2.75, 3.05) is 0 Å². The molecule has 0 aromatic rings. The fourth-order valence-electron chi connectivity index (χ4n) is 3.42. The standard InChI is InChI=1S/C14H27NO/c1-3-11-5-7-14(15)12(8-11)9-13-6-4-10(2)16-13/h10-14H,3-9,15H2,1-2H3. The van der Waals surface area contributed by atoms with E-state index in [-0.39, 0.29) is 0 Å². The Morgan fingerprint density at radius 2 is 2.00 bits per heavy atom. The zero-order valence-corrected chi connectivity index (χ0v) is 10.8. The maximum atomic E-state index is 6.25. The van der Waals surface area contributed by atoms with Crippen molar-refractivity contribution in [2.45, 2.75) is 77.0 Å². The van der Waals surface area contributed by atoms with Crippen LogP contribution < -0.4 is 5.73 Å². The molecule has 1 heterocycles. The summed E-state index contributed by atoms with van der Waals surface area (Å²) in [5.74, 6) is 1.64. The molecule has 94 valence electrons. The Morgan fingerprint density at radius 3 is 2.62 bits per heavy atom. The maximum absolute atomic E-state index is 6.25. The van der Waals surface area contributed by atoms with Crippen LogP contribution in [0.3, 0.4) is 0 Å². The van der Waals surface area contributed by atoms with Gasteiger partial charge in [-0.05, 0) is 57.3 Å². The first-order valence-electron chi connectivity index (χ1n) is 7.10. The van der Waals surface area contributed by atoms with Crippen LogP contribution in [0.5, 0.6) is 0 Å². The Kier molecular flexibility index (Phi) is 4.26. The average molecular weight is 225 g/mol. The zero-order valence-electron chi connectivity index (χ0n) is 10.8. The van der Waals surface area contributed by atoms with Crippen molar-refractivity contribution in [1.29, 1.82) is 0 Å². The number of nitrogens with two attached hydrogens (primary N) is 1. The summed E-state index contributed by atoms with van der Waals surface area (Å²) in [4.78, 5) is 0. The van der Waals surface area contributed by atoms with Crippen LogP contribution in [0.4, 0.5) is 0 Å². The SMILES string of the molecule is CCC1CCC(N)C(CC2CCC(C)O2)C1. The first-order valence-corrected chi connectivity index (χ1v) is 7.10. The normalized spacial score (nSPS) is 44.8. The second kappa shape index (κ2) is 5.50. The average Bonchev–Trinajstić information content (AvgIpc) is 2.67. The van der Waals surface area contributed by atoms with Crippen molar-refractivity contribution in [3.63, 3.8) is 0 Å². The molecule has 2 heteroatoms. The molecular formula is C14H27NO. The summed E-state index contributed by atoms with van der Waals surface area (Å²) in [6, 6.07) is 0.433. The lowest BCUT2D eigenvalue weighted by molar-refractivity contribution is 0.0307. The van der Waals surface area contributed by atoms with Gasteiger partial charge in [0.2, 0.25) is 0 Å². The van der Waals surface area contributed by atoms with Crippen molar-refractivity contribution in [3.8, 4) is 0 Å². The van der Waals surface area contributed by atoms with Crippen LogP contribution in [0, 0.1) is 11.8 Å². The van der Waals surface area contributed by atoms with Crippen LogP contribution >= 0.6 is 0 Å². The molecule has 0 aromatic heterocycles. The maximum Gasteiger partial charge on any atom is 0.0583 e. The van der Waals surface area contributed by atoms with Gasteiger partial charge in [-0.25, -0.2) is 0 Å². The van der Waals surface area contributed by atoms with Crippen LogP contribution in [-0.4, -0.2) is 18.2 Å². The van der Waals surface area contributed by atoms with E-state index in [4.69, 9.17) is 10.5 Å². The highest BCUT2D eigenvalue weighted by Crippen LogP contribution is 2.35. The van der Waals surface area contributed by atoms with E-state index in [2.05, 4.69) is 13.8 Å². The first-order chi connectivity index (χ1) is 7.69. The topological polar surface area (TPSA) is 35.2 Å². The largest absolute Gasteiger partial charge is 0.375 e. The Balaban J connectivity index is 1.82. The Morgan fingerprint density at radius 1 is 1.19 bits per heavy atom. The van der Waals surface area contributed by atoms with Gasteiger partial charge in [-0.15, -0.1) is 0 Å². The van der Waals surface area contributed by atoms with Gasteiger partial charge in [0.25, 0.3) is 0 Å². The molecule has 2 aliphatic rings. The van der Waals surface area contributed by atoms with E-state index in [1.54, 1.807) is 0 Å². The lowest BCUT2D eigenvalue weighted by Gasteiger charge is -2.35. The Hall–Kier alpha value is -0.0800. The summed E-state index contributed by atoms with van der Waals surface area (Å²) >= 11 is 0. The summed E-state index contributed by atoms with van der Waals surface area (Å²) in [6.07, 6.45) is 9.92. The van der Waals surface area contributed by atoms with E-state index in [1.807, 2.05) is 0 Å². The van der Waals surface area contributed by atoms with Crippen LogP contribution in [-0.2, 0) is 4.74 Å². The highest BCUT2D eigenvalue weighted by molar-refractivity contribution is 4.85. The van der Waals surface area contributed by atoms with Gasteiger partial charge in [0.1, 0.15) is 0 Å². The van der Waals surface area contributed by atoms with Gasteiger partial charge in [0, 0.05) is 6.04 Å². The third-order valence-corrected chi connectivity index (χ3v) is 4.61. The zero-order chi connectivity index (χ0) is 11.5. The van der Waals surface area contributed by atoms with E-state index in [0.29, 0.717) is 24.2 Å². The molecule has 16 heavy (non-hydrogen) atoms. The summed E-state index contributed by atoms with van der Waals surface area (Å²) in [5.41, 5.74) is 6.25. The van der Waals surface area contributed by atoms with Gasteiger partial charge < -0.3 is 10.5 Å². The van der Waals surface area contributed by atoms with Gasteiger partial charge in [-0.1, -0.05) is 13.3 Å². The molecule has 5 atom stereocenters. The van der Waals surface area contributed by atoms with Crippen molar-refractivity contribution in [2.24, 2.45) is 17.6 Å². The minimum Gasteiger partial charge on any atom is -0.375 e. The number of rotatable bonds is 3. The molecule has 0 radical (unpaired) electrons. The monoisotopic (exact) mass is 225 g/mol. The van der Waals surface area contributed by atoms with Crippen molar-refractivity contribution in [1.82, 2.24) is 0 Å². The molecule has 0 aromatic carbocycles. The third-order valence-electron chi connectivity index (χ3n) is 4.61.